The minimum absolute atomic E-state index is 0.109. The van der Waals surface area contributed by atoms with Crippen molar-refractivity contribution in [2.45, 2.75) is 13.0 Å². The predicted octanol–water partition coefficient (Wildman–Crippen LogP) is 1.75. The van der Waals surface area contributed by atoms with Gasteiger partial charge in [0, 0.05) is 28.7 Å². The van der Waals surface area contributed by atoms with Crippen LogP contribution in [-0.4, -0.2) is 30.6 Å². The summed E-state index contributed by atoms with van der Waals surface area (Å²) in [5.41, 5.74) is 0.549. The van der Waals surface area contributed by atoms with Crippen LogP contribution >= 0.6 is 23.2 Å². The predicted molar refractivity (Wildman–Crippen MR) is 73.0 cm³/mol. The Morgan fingerprint density at radius 2 is 2.17 bits per heavy atom. The van der Waals surface area contributed by atoms with Crippen molar-refractivity contribution in [2.75, 3.05) is 19.6 Å². The van der Waals surface area contributed by atoms with Gasteiger partial charge in [-0.3, -0.25) is 4.79 Å². The molecule has 4 nitrogen and oxygen atoms in total. The van der Waals surface area contributed by atoms with E-state index >= 15 is 0 Å². The molecule has 0 heterocycles. The Labute approximate surface area is 116 Å². The molecule has 1 unspecified atom stereocenters. The topological polar surface area (TPSA) is 61.4 Å². The Morgan fingerprint density at radius 1 is 1.44 bits per heavy atom. The van der Waals surface area contributed by atoms with E-state index in [2.05, 4.69) is 10.6 Å². The molecule has 100 valence electrons. The summed E-state index contributed by atoms with van der Waals surface area (Å²) >= 11 is 11.8. The zero-order valence-corrected chi connectivity index (χ0v) is 11.6. The number of rotatable bonds is 6. The van der Waals surface area contributed by atoms with Crippen LogP contribution in [0.2, 0.25) is 10.0 Å². The normalized spacial score (nSPS) is 12.2. The maximum Gasteiger partial charge on any atom is 0.233 e. The second kappa shape index (κ2) is 7.59. The van der Waals surface area contributed by atoms with E-state index in [1.54, 1.807) is 18.2 Å². The molecule has 0 saturated carbocycles. The highest BCUT2D eigenvalue weighted by Crippen LogP contribution is 2.25. The number of halogens is 2. The standard InChI is InChI=1S/C12H16Cl2N2O2/c1-2-16-12(18)7-15-6-11(17)9-5-8(13)3-4-10(9)14/h3-5,11,15,17H,2,6-7H2,1H3,(H,16,18). The lowest BCUT2D eigenvalue weighted by Gasteiger charge is -2.14. The van der Waals surface area contributed by atoms with Crippen molar-refractivity contribution in [3.05, 3.63) is 33.8 Å². The molecular weight excluding hydrogens is 275 g/mol. The monoisotopic (exact) mass is 290 g/mol. The van der Waals surface area contributed by atoms with E-state index in [0.717, 1.165) is 0 Å². The van der Waals surface area contributed by atoms with E-state index in [-0.39, 0.29) is 19.0 Å². The molecule has 0 bridgehead atoms. The number of aliphatic hydroxyl groups excluding tert-OH is 1. The molecule has 0 spiro atoms. The van der Waals surface area contributed by atoms with Gasteiger partial charge in [0.1, 0.15) is 0 Å². The fraction of sp³-hybridized carbons (Fsp3) is 0.417. The molecule has 0 aromatic heterocycles. The quantitative estimate of drug-likeness (QED) is 0.748. The third-order valence-electron chi connectivity index (χ3n) is 2.31. The summed E-state index contributed by atoms with van der Waals surface area (Å²) in [6.07, 6.45) is -0.800. The molecule has 0 fully saturated rings. The van der Waals surface area contributed by atoms with Crippen LogP contribution in [0, 0.1) is 0 Å². The highest BCUT2D eigenvalue weighted by Gasteiger charge is 2.12. The second-order valence-corrected chi connectivity index (χ2v) is 4.61. The van der Waals surface area contributed by atoms with Crippen LogP contribution in [-0.2, 0) is 4.79 Å². The summed E-state index contributed by atoms with van der Waals surface area (Å²) in [5.74, 6) is -0.109. The zero-order chi connectivity index (χ0) is 13.5. The van der Waals surface area contributed by atoms with Crippen molar-refractivity contribution in [3.63, 3.8) is 0 Å². The van der Waals surface area contributed by atoms with Gasteiger partial charge in [-0.15, -0.1) is 0 Å². The van der Waals surface area contributed by atoms with Gasteiger partial charge in [0.15, 0.2) is 0 Å². The molecule has 0 radical (unpaired) electrons. The first kappa shape index (κ1) is 15.2. The lowest BCUT2D eigenvalue weighted by molar-refractivity contribution is -0.120. The molecule has 18 heavy (non-hydrogen) atoms. The van der Waals surface area contributed by atoms with Crippen molar-refractivity contribution in [2.24, 2.45) is 0 Å². The van der Waals surface area contributed by atoms with Gasteiger partial charge in [-0.05, 0) is 25.1 Å². The first-order valence-electron chi connectivity index (χ1n) is 5.65. The number of benzene rings is 1. The average molecular weight is 291 g/mol. The third kappa shape index (κ3) is 4.82. The van der Waals surface area contributed by atoms with Crippen LogP contribution < -0.4 is 10.6 Å². The van der Waals surface area contributed by atoms with E-state index in [4.69, 9.17) is 23.2 Å². The number of amides is 1. The lowest BCUT2D eigenvalue weighted by Crippen LogP contribution is -2.35. The Bertz CT molecular complexity index is 413. The van der Waals surface area contributed by atoms with Crippen molar-refractivity contribution in [1.29, 1.82) is 0 Å². The van der Waals surface area contributed by atoms with Crippen LogP contribution in [0.1, 0.15) is 18.6 Å². The number of hydrogen-bond donors (Lipinski definition) is 3. The van der Waals surface area contributed by atoms with Crippen LogP contribution in [0.15, 0.2) is 18.2 Å². The van der Waals surface area contributed by atoms with Crippen LogP contribution in [0.25, 0.3) is 0 Å². The zero-order valence-electron chi connectivity index (χ0n) is 10.0. The molecule has 0 aliphatic carbocycles. The number of aliphatic hydroxyl groups is 1. The number of nitrogens with one attached hydrogen (secondary N) is 2. The average Bonchev–Trinajstić information content (AvgIpc) is 2.32. The molecule has 1 aromatic rings. The van der Waals surface area contributed by atoms with Gasteiger partial charge in [-0.1, -0.05) is 23.2 Å². The molecule has 6 heteroatoms. The molecule has 1 atom stereocenters. The van der Waals surface area contributed by atoms with Gasteiger partial charge in [0.25, 0.3) is 0 Å². The highest BCUT2D eigenvalue weighted by atomic mass is 35.5. The SMILES string of the molecule is CCNC(=O)CNCC(O)c1cc(Cl)ccc1Cl. The van der Waals surface area contributed by atoms with Crippen molar-refractivity contribution < 1.29 is 9.90 Å². The van der Waals surface area contributed by atoms with Gasteiger partial charge >= 0.3 is 0 Å². The Balaban J connectivity index is 2.47. The van der Waals surface area contributed by atoms with Crippen LogP contribution in [0.3, 0.4) is 0 Å². The van der Waals surface area contributed by atoms with Crippen LogP contribution in [0.4, 0.5) is 0 Å². The fourth-order valence-electron chi connectivity index (χ4n) is 1.46. The molecule has 1 aromatic carbocycles. The first-order valence-corrected chi connectivity index (χ1v) is 6.40. The van der Waals surface area contributed by atoms with Gasteiger partial charge in [0.2, 0.25) is 5.91 Å². The summed E-state index contributed by atoms with van der Waals surface area (Å²) in [4.78, 5) is 11.2. The van der Waals surface area contributed by atoms with Gasteiger partial charge in [-0.2, -0.15) is 0 Å². The molecular formula is C12H16Cl2N2O2. The van der Waals surface area contributed by atoms with E-state index in [9.17, 15) is 9.90 Å². The third-order valence-corrected chi connectivity index (χ3v) is 2.89. The minimum Gasteiger partial charge on any atom is -0.387 e. The molecule has 3 N–H and O–H groups in total. The molecule has 0 saturated heterocycles. The summed E-state index contributed by atoms with van der Waals surface area (Å²) < 4.78 is 0. The minimum atomic E-state index is -0.800. The highest BCUT2D eigenvalue weighted by molar-refractivity contribution is 6.33. The molecule has 0 aliphatic heterocycles. The van der Waals surface area contributed by atoms with Crippen LogP contribution in [0.5, 0.6) is 0 Å². The molecule has 1 rings (SSSR count). The number of carbonyl (C=O) groups is 1. The molecule has 0 aliphatic rings. The van der Waals surface area contributed by atoms with Crippen molar-refractivity contribution in [3.8, 4) is 0 Å². The van der Waals surface area contributed by atoms with Gasteiger partial charge in [0.05, 0.1) is 12.6 Å². The first-order chi connectivity index (χ1) is 8.54. The number of likely N-dealkylation sites (N-methyl/N-ethyl adjacent to an activating group) is 1. The second-order valence-electron chi connectivity index (χ2n) is 3.77. The maximum atomic E-state index is 11.2. The summed E-state index contributed by atoms with van der Waals surface area (Å²) in [5, 5.41) is 16.4. The van der Waals surface area contributed by atoms with Crippen molar-refractivity contribution in [1.82, 2.24) is 10.6 Å². The van der Waals surface area contributed by atoms with Gasteiger partial charge < -0.3 is 15.7 Å². The van der Waals surface area contributed by atoms with E-state index in [0.29, 0.717) is 22.2 Å². The number of carbonyl (C=O) groups excluding carboxylic acids is 1. The summed E-state index contributed by atoms with van der Waals surface area (Å²) in [6.45, 7) is 2.82. The van der Waals surface area contributed by atoms with Crippen molar-refractivity contribution >= 4 is 29.1 Å². The summed E-state index contributed by atoms with van der Waals surface area (Å²) in [7, 11) is 0. The summed E-state index contributed by atoms with van der Waals surface area (Å²) in [6, 6.07) is 4.90. The maximum absolute atomic E-state index is 11.2. The lowest BCUT2D eigenvalue weighted by atomic mass is 10.1. The fourth-order valence-corrected chi connectivity index (χ4v) is 1.89. The van der Waals surface area contributed by atoms with E-state index in [1.807, 2.05) is 6.92 Å². The Hall–Kier alpha value is -0.810. The largest absolute Gasteiger partial charge is 0.387 e. The molecule has 1 amide bonds. The van der Waals surface area contributed by atoms with E-state index < -0.39 is 6.10 Å². The Morgan fingerprint density at radius 3 is 2.83 bits per heavy atom. The number of hydrogen-bond acceptors (Lipinski definition) is 3. The Kier molecular flexibility index (Phi) is 6.43. The smallest absolute Gasteiger partial charge is 0.233 e. The van der Waals surface area contributed by atoms with E-state index in [1.165, 1.54) is 0 Å². The van der Waals surface area contributed by atoms with Gasteiger partial charge in [-0.25, -0.2) is 0 Å².